The van der Waals surface area contributed by atoms with Crippen molar-refractivity contribution in [2.24, 2.45) is 0 Å². The lowest BCUT2D eigenvalue weighted by atomic mass is 9.91. The van der Waals surface area contributed by atoms with E-state index in [2.05, 4.69) is 10.6 Å². The minimum atomic E-state index is -1.30. The number of hydrogen-bond donors (Lipinski definition) is 2. The summed E-state index contributed by atoms with van der Waals surface area (Å²) in [5, 5.41) is 5.39. The molecule has 9 nitrogen and oxygen atoms in total. The Morgan fingerprint density at radius 2 is 1.83 bits per heavy atom. The molecule has 0 aromatic heterocycles. The topological polar surface area (TPSA) is 100 Å². The Labute approximate surface area is 173 Å². The van der Waals surface area contributed by atoms with Crippen LogP contribution < -0.4 is 25.0 Å². The second-order valence-corrected chi connectivity index (χ2v) is 7.50. The molecule has 1 saturated heterocycles. The summed E-state index contributed by atoms with van der Waals surface area (Å²) in [5.41, 5.74) is 0.816. The maximum absolute atomic E-state index is 13.0. The highest BCUT2D eigenvalue weighted by Crippen LogP contribution is 2.37. The van der Waals surface area contributed by atoms with E-state index in [1.807, 2.05) is 31.1 Å². The Morgan fingerprint density at radius 1 is 1.13 bits per heavy atom. The number of anilines is 2. The number of fused-ring (bicyclic) bond motifs is 1. The molecule has 2 aliphatic rings. The molecule has 1 fully saturated rings. The van der Waals surface area contributed by atoms with Crippen molar-refractivity contribution in [2.45, 2.75) is 12.5 Å². The van der Waals surface area contributed by atoms with Crippen LogP contribution >= 0.6 is 0 Å². The van der Waals surface area contributed by atoms with Crippen LogP contribution in [0.15, 0.2) is 42.5 Å². The first-order chi connectivity index (χ1) is 14.3. The average molecular weight is 410 g/mol. The lowest BCUT2D eigenvalue weighted by Gasteiger charge is -2.22. The summed E-state index contributed by atoms with van der Waals surface area (Å²) in [5.74, 6) is 0.110. The third kappa shape index (κ3) is 3.38. The van der Waals surface area contributed by atoms with Crippen molar-refractivity contribution in [1.82, 2.24) is 10.2 Å². The van der Waals surface area contributed by atoms with E-state index in [-0.39, 0.29) is 13.3 Å². The first kappa shape index (κ1) is 19.6. The van der Waals surface area contributed by atoms with E-state index >= 15 is 0 Å². The number of imide groups is 1. The zero-order chi connectivity index (χ0) is 21.5. The number of amides is 4. The van der Waals surface area contributed by atoms with E-state index in [1.54, 1.807) is 37.3 Å². The maximum atomic E-state index is 13.0. The van der Waals surface area contributed by atoms with Crippen molar-refractivity contribution >= 4 is 29.2 Å². The summed E-state index contributed by atoms with van der Waals surface area (Å²) >= 11 is 0. The summed E-state index contributed by atoms with van der Waals surface area (Å²) in [6, 6.07) is 11.7. The number of carbonyl (C=O) groups is 3. The molecule has 0 bridgehead atoms. The minimum Gasteiger partial charge on any atom is -0.454 e. The lowest BCUT2D eigenvalue weighted by Crippen LogP contribution is -2.42. The second kappa shape index (κ2) is 7.25. The molecular formula is C21H22N4O5. The molecule has 0 unspecified atom stereocenters. The van der Waals surface area contributed by atoms with Crippen molar-refractivity contribution in [3.63, 3.8) is 0 Å². The molecular weight excluding hydrogens is 388 g/mol. The number of ether oxygens (including phenoxy) is 2. The van der Waals surface area contributed by atoms with Crippen LogP contribution in [-0.2, 0) is 15.1 Å². The smallest absolute Gasteiger partial charge is 0.325 e. The molecule has 2 aliphatic heterocycles. The van der Waals surface area contributed by atoms with E-state index in [1.165, 1.54) is 0 Å². The number of nitrogens with zero attached hydrogens (tertiary/aromatic N) is 2. The zero-order valence-corrected chi connectivity index (χ0v) is 16.9. The Morgan fingerprint density at radius 3 is 2.53 bits per heavy atom. The monoisotopic (exact) mass is 410 g/mol. The van der Waals surface area contributed by atoms with Gasteiger partial charge in [0.15, 0.2) is 11.5 Å². The van der Waals surface area contributed by atoms with E-state index in [0.29, 0.717) is 22.7 Å². The second-order valence-electron chi connectivity index (χ2n) is 7.50. The Balaban J connectivity index is 1.46. The maximum Gasteiger partial charge on any atom is 0.325 e. The third-order valence-electron chi connectivity index (χ3n) is 5.19. The van der Waals surface area contributed by atoms with Crippen LogP contribution in [0.3, 0.4) is 0 Å². The molecule has 4 amide bonds. The summed E-state index contributed by atoms with van der Waals surface area (Å²) in [6.45, 7) is 1.32. The van der Waals surface area contributed by atoms with Gasteiger partial charge in [0, 0.05) is 25.5 Å². The highest BCUT2D eigenvalue weighted by molar-refractivity contribution is 6.10. The Kier molecular flexibility index (Phi) is 4.73. The van der Waals surface area contributed by atoms with Crippen molar-refractivity contribution in [1.29, 1.82) is 0 Å². The SMILES string of the molecule is CN(C)c1ccc(NC(=O)CN2C(=O)N[C@](C)(c3ccc4c(c3)OCO4)C2=O)cc1. The molecule has 1 atom stereocenters. The molecule has 4 rings (SSSR count). The molecule has 2 N–H and O–H groups in total. The summed E-state index contributed by atoms with van der Waals surface area (Å²) in [6.07, 6.45) is 0. The van der Waals surface area contributed by atoms with Gasteiger partial charge in [-0.25, -0.2) is 4.79 Å². The molecule has 0 aliphatic carbocycles. The third-order valence-corrected chi connectivity index (χ3v) is 5.19. The van der Waals surface area contributed by atoms with Gasteiger partial charge in [-0.1, -0.05) is 6.07 Å². The first-order valence-electron chi connectivity index (χ1n) is 9.39. The van der Waals surface area contributed by atoms with E-state index in [0.717, 1.165) is 10.6 Å². The molecule has 9 heteroatoms. The number of nitrogens with one attached hydrogen (secondary N) is 2. The molecule has 2 aromatic carbocycles. The number of urea groups is 1. The Hall–Kier alpha value is -3.75. The van der Waals surface area contributed by atoms with Gasteiger partial charge in [-0.15, -0.1) is 0 Å². The van der Waals surface area contributed by atoms with Gasteiger partial charge in [0.25, 0.3) is 5.91 Å². The van der Waals surface area contributed by atoms with Crippen molar-refractivity contribution in [3.8, 4) is 11.5 Å². The van der Waals surface area contributed by atoms with Gasteiger partial charge in [0.1, 0.15) is 12.1 Å². The fourth-order valence-electron chi connectivity index (χ4n) is 3.43. The van der Waals surface area contributed by atoms with Crippen LogP contribution in [-0.4, -0.2) is 50.2 Å². The fourth-order valence-corrected chi connectivity index (χ4v) is 3.43. The quantitative estimate of drug-likeness (QED) is 0.731. The van der Waals surface area contributed by atoms with Gasteiger partial charge in [-0.05, 0) is 48.9 Å². The van der Waals surface area contributed by atoms with Crippen LogP contribution in [0.2, 0.25) is 0 Å². The number of benzene rings is 2. The zero-order valence-electron chi connectivity index (χ0n) is 16.9. The van der Waals surface area contributed by atoms with E-state index < -0.39 is 23.4 Å². The molecule has 2 heterocycles. The number of rotatable bonds is 5. The summed E-state index contributed by atoms with van der Waals surface area (Å²) < 4.78 is 10.6. The van der Waals surface area contributed by atoms with Crippen molar-refractivity contribution < 1.29 is 23.9 Å². The van der Waals surface area contributed by atoms with Crippen molar-refractivity contribution in [3.05, 3.63) is 48.0 Å². The summed E-state index contributed by atoms with van der Waals surface area (Å²) in [4.78, 5) is 40.8. The van der Waals surface area contributed by atoms with Crippen LogP contribution in [0.5, 0.6) is 11.5 Å². The van der Waals surface area contributed by atoms with Gasteiger partial charge in [-0.3, -0.25) is 14.5 Å². The predicted molar refractivity (Wildman–Crippen MR) is 110 cm³/mol. The van der Waals surface area contributed by atoms with Gasteiger partial charge in [0.2, 0.25) is 12.7 Å². The van der Waals surface area contributed by atoms with Gasteiger partial charge in [0.05, 0.1) is 0 Å². The predicted octanol–water partition coefficient (Wildman–Crippen LogP) is 1.89. The molecule has 0 spiro atoms. The lowest BCUT2D eigenvalue weighted by molar-refractivity contribution is -0.133. The van der Waals surface area contributed by atoms with Crippen molar-refractivity contribution in [2.75, 3.05) is 37.6 Å². The fraction of sp³-hybridized carbons (Fsp3) is 0.286. The van der Waals surface area contributed by atoms with Gasteiger partial charge in [-0.2, -0.15) is 0 Å². The number of hydrogen-bond acceptors (Lipinski definition) is 6. The molecule has 0 saturated carbocycles. The molecule has 2 aromatic rings. The van der Waals surface area contributed by atoms with Crippen LogP contribution in [0.4, 0.5) is 16.2 Å². The highest BCUT2D eigenvalue weighted by Gasteiger charge is 2.49. The van der Waals surface area contributed by atoms with Gasteiger partial charge < -0.3 is 25.0 Å². The standard InChI is InChI=1S/C21H22N4O5/c1-21(13-4-9-16-17(10-13)30-12-29-16)19(27)25(20(28)23-21)11-18(26)22-14-5-7-15(8-6-14)24(2)3/h4-10H,11-12H2,1-3H3,(H,22,26)(H,23,28)/t21-/m1/s1. The summed E-state index contributed by atoms with van der Waals surface area (Å²) in [7, 11) is 3.84. The molecule has 0 radical (unpaired) electrons. The normalized spacial score (nSPS) is 19.6. The molecule has 30 heavy (non-hydrogen) atoms. The van der Waals surface area contributed by atoms with Crippen LogP contribution in [0.25, 0.3) is 0 Å². The average Bonchev–Trinajstić information content (AvgIpc) is 3.27. The van der Waals surface area contributed by atoms with Crippen LogP contribution in [0, 0.1) is 0 Å². The Bertz CT molecular complexity index is 1020. The van der Waals surface area contributed by atoms with Crippen LogP contribution in [0.1, 0.15) is 12.5 Å². The first-order valence-corrected chi connectivity index (χ1v) is 9.39. The highest BCUT2D eigenvalue weighted by atomic mass is 16.7. The number of carbonyl (C=O) groups excluding carboxylic acids is 3. The largest absolute Gasteiger partial charge is 0.454 e. The van der Waals surface area contributed by atoms with E-state index in [9.17, 15) is 14.4 Å². The van der Waals surface area contributed by atoms with E-state index in [4.69, 9.17) is 9.47 Å². The minimum absolute atomic E-state index is 0.109. The van der Waals surface area contributed by atoms with Gasteiger partial charge >= 0.3 is 6.03 Å². The molecule has 156 valence electrons.